The molecule has 1 rings (SSSR count). The van der Waals surface area contributed by atoms with E-state index in [0.29, 0.717) is 11.3 Å². The number of nitrogens with one attached hydrogen (secondary N) is 1. The second-order valence-electron chi connectivity index (χ2n) is 5.93. The summed E-state index contributed by atoms with van der Waals surface area (Å²) in [6.07, 6.45) is -0.575. The number of amides is 1. The van der Waals surface area contributed by atoms with Gasteiger partial charge in [0.15, 0.2) is 11.5 Å². The summed E-state index contributed by atoms with van der Waals surface area (Å²) >= 11 is 0. The minimum absolute atomic E-state index is 0.0501. The van der Waals surface area contributed by atoms with Crippen LogP contribution < -0.4 is 10.1 Å². The Bertz CT molecular complexity index is 564. The number of carbonyl (C=O) groups is 2. The number of phenolic OH excluding ortho intramolecular Hbond substituents is 1. The van der Waals surface area contributed by atoms with Gasteiger partial charge in [-0.2, -0.15) is 0 Å². The molecule has 7 heteroatoms. The van der Waals surface area contributed by atoms with E-state index in [4.69, 9.17) is 14.2 Å². The monoisotopic (exact) mass is 325 g/mol. The van der Waals surface area contributed by atoms with Gasteiger partial charge in [-0.3, -0.25) is 0 Å². The SMILES string of the molecule is COC(=O)C(Cc1ccc(OC)c(O)c1)NC(=O)OC(C)(C)C. The minimum Gasteiger partial charge on any atom is -0.504 e. The Morgan fingerprint density at radius 2 is 1.91 bits per heavy atom. The molecule has 0 spiro atoms. The molecule has 23 heavy (non-hydrogen) atoms. The van der Waals surface area contributed by atoms with Crippen LogP contribution in [0.4, 0.5) is 4.79 Å². The van der Waals surface area contributed by atoms with Crippen LogP contribution in [0.5, 0.6) is 11.5 Å². The number of methoxy groups -OCH3 is 2. The number of phenols is 1. The highest BCUT2D eigenvalue weighted by Gasteiger charge is 2.25. The van der Waals surface area contributed by atoms with Crippen LogP contribution in [0.15, 0.2) is 18.2 Å². The van der Waals surface area contributed by atoms with E-state index in [2.05, 4.69) is 5.32 Å². The fourth-order valence-corrected chi connectivity index (χ4v) is 1.88. The predicted molar refractivity (Wildman–Crippen MR) is 83.5 cm³/mol. The van der Waals surface area contributed by atoms with E-state index >= 15 is 0 Å². The van der Waals surface area contributed by atoms with Crippen LogP contribution in [0.1, 0.15) is 26.3 Å². The average molecular weight is 325 g/mol. The Morgan fingerprint density at radius 3 is 2.39 bits per heavy atom. The Labute approximate surface area is 135 Å². The molecule has 1 atom stereocenters. The second-order valence-corrected chi connectivity index (χ2v) is 5.93. The van der Waals surface area contributed by atoms with Crippen molar-refractivity contribution >= 4 is 12.1 Å². The molecule has 0 aliphatic rings. The van der Waals surface area contributed by atoms with Gasteiger partial charge < -0.3 is 24.6 Å². The average Bonchev–Trinajstić information content (AvgIpc) is 2.44. The van der Waals surface area contributed by atoms with Crippen molar-refractivity contribution in [2.75, 3.05) is 14.2 Å². The molecule has 7 nitrogen and oxygen atoms in total. The van der Waals surface area contributed by atoms with E-state index in [0.717, 1.165) is 0 Å². The van der Waals surface area contributed by atoms with Crippen molar-refractivity contribution in [1.29, 1.82) is 0 Å². The predicted octanol–water partition coefficient (Wildman–Crippen LogP) is 2.01. The first kappa shape index (κ1) is 18.6. The fourth-order valence-electron chi connectivity index (χ4n) is 1.88. The Morgan fingerprint density at radius 1 is 1.26 bits per heavy atom. The number of aromatic hydroxyl groups is 1. The minimum atomic E-state index is -0.928. The number of rotatable bonds is 5. The maximum absolute atomic E-state index is 11.8. The normalized spacial score (nSPS) is 12.2. The van der Waals surface area contributed by atoms with E-state index in [1.54, 1.807) is 32.9 Å². The molecule has 1 aromatic carbocycles. The van der Waals surface area contributed by atoms with E-state index < -0.39 is 23.7 Å². The van der Waals surface area contributed by atoms with Crippen molar-refractivity contribution in [3.8, 4) is 11.5 Å². The van der Waals surface area contributed by atoms with Crippen LogP contribution in [0.3, 0.4) is 0 Å². The smallest absolute Gasteiger partial charge is 0.408 e. The number of benzene rings is 1. The summed E-state index contributed by atoms with van der Waals surface area (Å²) in [5.74, 6) is -0.333. The number of ether oxygens (including phenoxy) is 3. The lowest BCUT2D eigenvalue weighted by atomic mass is 10.1. The molecular formula is C16H23NO6. The maximum atomic E-state index is 11.8. The third-order valence-electron chi connectivity index (χ3n) is 2.86. The lowest BCUT2D eigenvalue weighted by molar-refractivity contribution is -0.143. The van der Waals surface area contributed by atoms with Crippen LogP contribution >= 0.6 is 0 Å². The zero-order valence-electron chi connectivity index (χ0n) is 14.0. The largest absolute Gasteiger partial charge is 0.504 e. The molecule has 0 aliphatic carbocycles. The molecule has 2 N–H and O–H groups in total. The van der Waals surface area contributed by atoms with Gasteiger partial charge in [-0.1, -0.05) is 6.07 Å². The fraction of sp³-hybridized carbons (Fsp3) is 0.500. The summed E-state index contributed by atoms with van der Waals surface area (Å²) < 4.78 is 14.8. The van der Waals surface area contributed by atoms with Gasteiger partial charge in [0, 0.05) is 6.42 Å². The van der Waals surface area contributed by atoms with E-state index in [9.17, 15) is 14.7 Å². The zero-order valence-corrected chi connectivity index (χ0v) is 14.0. The maximum Gasteiger partial charge on any atom is 0.408 e. The third-order valence-corrected chi connectivity index (χ3v) is 2.86. The second kappa shape index (κ2) is 7.71. The van der Waals surface area contributed by atoms with Gasteiger partial charge in [0.25, 0.3) is 0 Å². The zero-order chi connectivity index (χ0) is 17.6. The summed E-state index contributed by atoms with van der Waals surface area (Å²) in [4.78, 5) is 23.7. The van der Waals surface area contributed by atoms with Crippen molar-refractivity contribution in [3.05, 3.63) is 23.8 Å². The van der Waals surface area contributed by atoms with E-state index in [1.165, 1.54) is 20.3 Å². The van der Waals surface area contributed by atoms with Crippen molar-refractivity contribution in [3.63, 3.8) is 0 Å². The van der Waals surface area contributed by atoms with Gasteiger partial charge in [-0.05, 0) is 38.5 Å². The molecule has 0 radical (unpaired) electrons. The molecule has 1 unspecified atom stereocenters. The molecule has 0 aromatic heterocycles. The Balaban J connectivity index is 2.85. The van der Waals surface area contributed by atoms with E-state index in [1.807, 2.05) is 0 Å². The number of alkyl carbamates (subject to hydrolysis) is 1. The molecule has 0 saturated carbocycles. The van der Waals surface area contributed by atoms with E-state index in [-0.39, 0.29) is 12.2 Å². The summed E-state index contributed by atoms with van der Waals surface area (Å²) in [5.41, 5.74) is -0.0434. The lowest BCUT2D eigenvalue weighted by Gasteiger charge is -2.22. The first-order valence-electron chi connectivity index (χ1n) is 7.09. The number of carbonyl (C=O) groups excluding carboxylic acids is 2. The number of hydrogen-bond donors (Lipinski definition) is 2. The van der Waals surface area contributed by atoms with Crippen LogP contribution in [0, 0.1) is 0 Å². The molecule has 0 saturated heterocycles. The molecule has 128 valence electrons. The molecule has 0 aliphatic heterocycles. The first-order chi connectivity index (χ1) is 10.7. The third kappa shape index (κ3) is 6.06. The van der Waals surface area contributed by atoms with Crippen molar-refractivity contribution in [1.82, 2.24) is 5.32 Å². The highest BCUT2D eigenvalue weighted by atomic mass is 16.6. The van der Waals surface area contributed by atoms with Gasteiger partial charge in [0.2, 0.25) is 0 Å². The summed E-state index contributed by atoms with van der Waals surface area (Å²) in [6.45, 7) is 5.17. The van der Waals surface area contributed by atoms with Gasteiger partial charge in [0.1, 0.15) is 11.6 Å². The molecular weight excluding hydrogens is 302 g/mol. The van der Waals surface area contributed by atoms with Crippen LogP contribution in [-0.2, 0) is 20.7 Å². The van der Waals surface area contributed by atoms with Gasteiger partial charge in [-0.15, -0.1) is 0 Å². The molecule has 0 bridgehead atoms. The highest BCUT2D eigenvalue weighted by Crippen LogP contribution is 2.26. The van der Waals surface area contributed by atoms with Gasteiger partial charge in [-0.25, -0.2) is 9.59 Å². The van der Waals surface area contributed by atoms with Crippen molar-refractivity contribution in [2.45, 2.75) is 38.8 Å². The van der Waals surface area contributed by atoms with Gasteiger partial charge >= 0.3 is 12.1 Å². The summed E-state index contributed by atoms with van der Waals surface area (Å²) in [5, 5.41) is 12.3. The molecule has 0 heterocycles. The van der Waals surface area contributed by atoms with Crippen LogP contribution in [-0.4, -0.2) is 43.0 Å². The van der Waals surface area contributed by atoms with Crippen LogP contribution in [0.25, 0.3) is 0 Å². The topological polar surface area (TPSA) is 94.1 Å². The molecule has 0 fully saturated rings. The summed E-state index contributed by atoms with van der Waals surface area (Å²) in [6, 6.07) is 3.80. The standard InChI is InChI=1S/C16H23NO6/c1-16(2,3)23-15(20)17-11(14(19)22-5)8-10-6-7-13(21-4)12(18)9-10/h6-7,9,11,18H,8H2,1-5H3,(H,17,20). The summed E-state index contributed by atoms with van der Waals surface area (Å²) in [7, 11) is 2.67. The number of hydrogen-bond acceptors (Lipinski definition) is 6. The quantitative estimate of drug-likeness (QED) is 0.804. The Kier molecular flexibility index (Phi) is 6.24. The van der Waals surface area contributed by atoms with Crippen molar-refractivity contribution in [2.24, 2.45) is 0 Å². The van der Waals surface area contributed by atoms with Gasteiger partial charge in [0.05, 0.1) is 14.2 Å². The lowest BCUT2D eigenvalue weighted by Crippen LogP contribution is -2.45. The molecule has 1 aromatic rings. The van der Waals surface area contributed by atoms with Crippen molar-refractivity contribution < 1.29 is 28.9 Å². The Hall–Kier alpha value is -2.44. The molecule has 1 amide bonds. The number of esters is 1. The van der Waals surface area contributed by atoms with Crippen LogP contribution in [0.2, 0.25) is 0 Å². The first-order valence-corrected chi connectivity index (χ1v) is 7.09. The highest BCUT2D eigenvalue weighted by molar-refractivity contribution is 5.81.